The van der Waals surface area contributed by atoms with E-state index in [1.807, 2.05) is 30.3 Å². The summed E-state index contributed by atoms with van der Waals surface area (Å²) in [5.41, 5.74) is 1.72. The molecule has 1 aromatic carbocycles. The summed E-state index contributed by atoms with van der Waals surface area (Å²) in [5.74, 6) is 0. The van der Waals surface area contributed by atoms with Gasteiger partial charge in [-0.25, -0.2) is 0 Å². The Labute approximate surface area is 124 Å². The van der Waals surface area contributed by atoms with Crippen LogP contribution in [0.3, 0.4) is 0 Å². The van der Waals surface area contributed by atoms with Crippen LogP contribution in [0.4, 0.5) is 0 Å². The van der Waals surface area contributed by atoms with Crippen LogP contribution in [0.15, 0.2) is 36.5 Å². The maximum atomic E-state index is 12.3. The van der Waals surface area contributed by atoms with E-state index >= 15 is 0 Å². The third-order valence-electron chi connectivity index (χ3n) is 3.58. The molecule has 0 bridgehead atoms. The van der Waals surface area contributed by atoms with E-state index in [0.29, 0.717) is 26.2 Å². The Balaban J connectivity index is 1.77. The zero-order valence-electron chi connectivity index (χ0n) is 11.6. The lowest BCUT2D eigenvalue weighted by molar-refractivity contribution is 0.355. The number of pyridine rings is 1. The maximum Gasteiger partial charge on any atom is 0.279 e. The van der Waals surface area contributed by atoms with Crippen molar-refractivity contribution in [2.45, 2.75) is 6.54 Å². The molecule has 0 unspecified atom stereocenters. The first-order valence-electron chi connectivity index (χ1n) is 6.95. The van der Waals surface area contributed by atoms with Crippen molar-refractivity contribution in [2.75, 3.05) is 26.2 Å². The van der Waals surface area contributed by atoms with Crippen LogP contribution in [0.25, 0.3) is 10.9 Å². The largest absolute Gasteiger partial charge is 0.314 e. The normalized spacial score (nSPS) is 17.1. The third-order valence-corrected chi connectivity index (χ3v) is 5.13. The molecular weight excluding hydrogens is 288 g/mol. The summed E-state index contributed by atoms with van der Waals surface area (Å²) in [7, 11) is -3.43. The van der Waals surface area contributed by atoms with E-state index in [1.165, 1.54) is 4.31 Å². The van der Waals surface area contributed by atoms with Crippen molar-refractivity contribution >= 4 is 21.1 Å². The van der Waals surface area contributed by atoms with Crippen LogP contribution in [0.5, 0.6) is 0 Å². The smallest absolute Gasteiger partial charge is 0.279 e. The molecule has 7 heteroatoms. The van der Waals surface area contributed by atoms with Crippen LogP contribution in [0, 0.1) is 0 Å². The Morgan fingerprint density at radius 1 is 1.19 bits per heavy atom. The number of para-hydroxylation sites is 1. The Bertz CT molecular complexity index is 721. The first kappa shape index (κ1) is 14.4. The predicted molar refractivity (Wildman–Crippen MR) is 81.9 cm³/mol. The lowest BCUT2D eigenvalue weighted by atomic mass is 10.1. The number of aromatic nitrogens is 1. The van der Waals surface area contributed by atoms with Crippen LogP contribution in [-0.4, -0.2) is 43.9 Å². The number of benzene rings is 1. The van der Waals surface area contributed by atoms with Crippen molar-refractivity contribution in [3.63, 3.8) is 0 Å². The van der Waals surface area contributed by atoms with Gasteiger partial charge in [-0.15, -0.1) is 0 Å². The van der Waals surface area contributed by atoms with Crippen molar-refractivity contribution in [3.05, 3.63) is 42.1 Å². The van der Waals surface area contributed by atoms with Gasteiger partial charge in [-0.2, -0.15) is 17.4 Å². The van der Waals surface area contributed by atoms with Crippen LogP contribution in [0.2, 0.25) is 0 Å². The molecule has 0 saturated carbocycles. The molecule has 1 aliphatic rings. The molecule has 2 N–H and O–H groups in total. The van der Waals surface area contributed by atoms with Gasteiger partial charge in [0.15, 0.2) is 0 Å². The highest BCUT2D eigenvalue weighted by Gasteiger charge is 2.23. The van der Waals surface area contributed by atoms with Gasteiger partial charge in [0, 0.05) is 44.3 Å². The number of fused-ring (bicyclic) bond motifs is 1. The molecule has 1 aromatic heterocycles. The lowest BCUT2D eigenvalue weighted by Crippen LogP contribution is -2.50. The van der Waals surface area contributed by atoms with Crippen LogP contribution >= 0.6 is 0 Å². The van der Waals surface area contributed by atoms with Crippen molar-refractivity contribution in [1.29, 1.82) is 0 Å². The molecule has 1 fully saturated rings. The van der Waals surface area contributed by atoms with Gasteiger partial charge in [0.1, 0.15) is 0 Å². The number of nitrogens with one attached hydrogen (secondary N) is 2. The zero-order chi connectivity index (χ0) is 14.7. The summed E-state index contributed by atoms with van der Waals surface area (Å²) in [4.78, 5) is 4.34. The van der Waals surface area contributed by atoms with Gasteiger partial charge in [-0.3, -0.25) is 4.98 Å². The van der Waals surface area contributed by atoms with Gasteiger partial charge in [0.2, 0.25) is 0 Å². The molecule has 2 heterocycles. The fraction of sp³-hybridized carbons (Fsp3) is 0.357. The summed E-state index contributed by atoms with van der Waals surface area (Å²) in [6.07, 6.45) is 1.72. The van der Waals surface area contributed by atoms with E-state index in [0.717, 1.165) is 16.5 Å². The fourth-order valence-corrected chi connectivity index (χ4v) is 3.64. The van der Waals surface area contributed by atoms with Gasteiger partial charge >= 0.3 is 0 Å². The van der Waals surface area contributed by atoms with E-state index in [1.54, 1.807) is 6.20 Å². The highest BCUT2D eigenvalue weighted by molar-refractivity contribution is 7.87. The van der Waals surface area contributed by atoms with E-state index in [9.17, 15) is 8.42 Å². The molecule has 3 rings (SSSR count). The molecule has 1 aliphatic heterocycles. The highest BCUT2D eigenvalue weighted by atomic mass is 32.2. The van der Waals surface area contributed by atoms with Gasteiger partial charge in [0.25, 0.3) is 10.2 Å². The second-order valence-electron chi connectivity index (χ2n) is 4.97. The number of hydrogen-bond acceptors (Lipinski definition) is 4. The average molecular weight is 306 g/mol. The topological polar surface area (TPSA) is 74.3 Å². The number of piperazine rings is 1. The van der Waals surface area contributed by atoms with Crippen LogP contribution in [-0.2, 0) is 16.8 Å². The summed E-state index contributed by atoms with van der Waals surface area (Å²) >= 11 is 0. The van der Waals surface area contributed by atoms with E-state index in [2.05, 4.69) is 15.0 Å². The van der Waals surface area contributed by atoms with Crippen molar-refractivity contribution in [1.82, 2.24) is 19.3 Å². The monoisotopic (exact) mass is 306 g/mol. The summed E-state index contributed by atoms with van der Waals surface area (Å²) in [6, 6.07) is 9.62. The minimum absolute atomic E-state index is 0.251. The SMILES string of the molecule is O=S(=O)(NCc1cccc2cccnc12)N1CCNCC1. The molecule has 0 atom stereocenters. The zero-order valence-corrected chi connectivity index (χ0v) is 12.4. The van der Waals surface area contributed by atoms with Gasteiger partial charge in [-0.05, 0) is 11.6 Å². The Morgan fingerprint density at radius 2 is 1.95 bits per heavy atom. The number of rotatable bonds is 4. The quantitative estimate of drug-likeness (QED) is 0.861. The Kier molecular flexibility index (Phi) is 4.16. The van der Waals surface area contributed by atoms with Crippen molar-refractivity contribution < 1.29 is 8.42 Å². The molecule has 1 saturated heterocycles. The van der Waals surface area contributed by atoms with Crippen molar-refractivity contribution in [3.8, 4) is 0 Å². The standard InChI is InChI=1S/C14H18N4O2S/c19-21(20,18-9-7-15-8-10-18)17-11-13-4-1-3-12-5-2-6-16-14(12)13/h1-6,15,17H,7-11H2. The van der Waals surface area contributed by atoms with E-state index < -0.39 is 10.2 Å². The molecule has 0 radical (unpaired) electrons. The molecule has 0 amide bonds. The summed E-state index contributed by atoms with van der Waals surface area (Å²) in [6.45, 7) is 2.64. The Hall–Kier alpha value is -1.54. The molecular formula is C14H18N4O2S. The highest BCUT2D eigenvalue weighted by Crippen LogP contribution is 2.16. The minimum atomic E-state index is -3.43. The summed E-state index contributed by atoms with van der Waals surface area (Å²) in [5, 5.41) is 4.15. The molecule has 21 heavy (non-hydrogen) atoms. The summed E-state index contributed by atoms with van der Waals surface area (Å²) < 4.78 is 28.7. The number of nitrogens with zero attached hydrogens (tertiary/aromatic N) is 2. The second kappa shape index (κ2) is 6.07. The molecule has 6 nitrogen and oxygen atoms in total. The number of hydrogen-bond donors (Lipinski definition) is 2. The van der Waals surface area contributed by atoms with Gasteiger partial charge in [-0.1, -0.05) is 24.3 Å². The molecule has 0 spiro atoms. The van der Waals surface area contributed by atoms with Crippen LogP contribution < -0.4 is 10.0 Å². The third kappa shape index (κ3) is 3.21. The van der Waals surface area contributed by atoms with E-state index in [-0.39, 0.29) is 6.54 Å². The van der Waals surface area contributed by atoms with E-state index in [4.69, 9.17) is 0 Å². The minimum Gasteiger partial charge on any atom is -0.314 e. The lowest BCUT2D eigenvalue weighted by Gasteiger charge is -2.26. The van der Waals surface area contributed by atoms with Crippen LogP contribution in [0.1, 0.15) is 5.56 Å². The van der Waals surface area contributed by atoms with Gasteiger partial charge < -0.3 is 5.32 Å². The molecule has 112 valence electrons. The molecule has 2 aromatic rings. The first-order valence-corrected chi connectivity index (χ1v) is 8.39. The van der Waals surface area contributed by atoms with Gasteiger partial charge in [0.05, 0.1) is 5.52 Å². The fourth-order valence-electron chi connectivity index (χ4n) is 2.45. The average Bonchev–Trinajstić information content (AvgIpc) is 2.54. The van der Waals surface area contributed by atoms with Crippen molar-refractivity contribution in [2.24, 2.45) is 0 Å². The second-order valence-corrected chi connectivity index (χ2v) is 6.72. The predicted octanol–water partition coefficient (Wildman–Crippen LogP) is 0.474. The first-order chi connectivity index (χ1) is 10.2. The maximum absolute atomic E-state index is 12.3. The Morgan fingerprint density at radius 3 is 2.76 bits per heavy atom. The molecule has 0 aliphatic carbocycles.